The number of carbonyl (C=O) groups excluding carboxylic acids is 2. The van der Waals surface area contributed by atoms with E-state index in [1.165, 1.54) is 23.5 Å². The second-order valence-corrected chi connectivity index (χ2v) is 9.65. The molecule has 0 bridgehead atoms. The van der Waals surface area contributed by atoms with Crippen LogP contribution in [-0.2, 0) is 9.53 Å². The van der Waals surface area contributed by atoms with Crippen LogP contribution < -0.4 is 0 Å². The molecule has 9 heteroatoms. The summed E-state index contributed by atoms with van der Waals surface area (Å²) in [5, 5.41) is 7.34. The van der Waals surface area contributed by atoms with Crippen LogP contribution in [0.3, 0.4) is 0 Å². The predicted molar refractivity (Wildman–Crippen MR) is 122 cm³/mol. The van der Waals surface area contributed by atoms with E-state index in [-0.39, 0.29) is 24.4 Å². The maximum absolute atomic E-state index is 13.3. The molecule has 1 unspecified atom stereocenters. The number of ether oxygens (including phenoxy) is 1. The number of aromatic nitrogens is 2. The number of halogens is 1. The number of amides is 1. The largest absolute Gasteiger partial charge is 0.451 e. The fourth-order valence-corrected chi connectivity index (χ4v) is 5.98. The topological polar surface area (TPSA) is 64.4 Å². The van der Waals surface area contributed by atoms with Crippen LogP contribution in [0.1, 0.15) is 39.1 Å². The molecule has 4 aromatic rings. The summed E-state index contributed by atoms with van der Waals surface area (Å²) in [6.07, 6.45) is 1.87. The maximum atomic E-state index is 13.3. The van der Waals surface area contributed by atoms with Crippen LogP contribution in [0.2, 0.25) is 0 Å². The van der Waals surface area contributed by atoms with Crippen LogP contribution in [0.5, 0.6) is 0 Å². The second kappa shape index (κ2) is 8.48. The van der Waals surface area contributed by atoms with Gasteiger partial charge in [-0.3, -0.25) is 4.79 Å². The van der Waals surface area contributed by atoms with E-state index in [1.54, 1.807) is 39.1 Å². The van der Waals surface area contributed by atoms with Crippen molar-refractivity contribution >= 4 is 44.8 Å². The first-order chi connectivity index (χ1) is 15.5. The summed E-state index contributed by atoms with van der Waals surface area (Å²) < 4.78 is 20.3. The quantitative estimate of drug-likeness (QED) is 0.381. The number of fused-ring (bicyclic) bond motifs is 1. The van der Waals surface area contributed by atoms with E-state index in [0.717, 1.165) is 33.6 Å². The third-order valence-electron chi connectivity index (χ3n) is 5.59. The molecule has 1 aromatic carbocycles. The Morgan fingerprint density at radius 2 is 2.06 bits per heavy atom. The van der Waals surface area contributed by atoms with Gasteiger partial charge in [-0.1, -0.05) is 6.07 Å². The smallest absolute Gasteiger partial charge is 0.348 e. The number of benzene rings is 1. The minimum atomic E-state index is -0.531. The standard InChI is InChI=1S/C23H20FN3O3S2/c1-14-17-12-20(32-22(17)27(25-14)16-8-6-15(24)7-9-16)23(29)30-13-21(28)26-10-2-4-18(26)19-5-3-11-31-19/h3,5-9,11-12,18H,2,4,10,13H2,1H3. The van der Waals surface area contributed by atoms with Gasteiger partial charge >= 0.3 is 5.97 Å². The van der Waals surface area contributed by atoms with Crippen molar-refractivity contribution in [3.63, 3.8) is 0 Å². The third-order valence-corrected chi connectivity index (χ3v) is 7.65. The van der Waals surface area contributed by atoms with Crippen molar-refractivity contribution < 1.29 is 18.7 Å². The van der Waals surface area contributed by atoms with Gasteiger partial charge in [0.1, 0.15) is 15.5 Å². The van der Waals surface area contributed by atoms with Crippen LogP contribution in [0, 0.1) is 12.7 Å². The summed E-state index contributed by atoms with van der Waals surface area (Å²) in [7, 11) is 0. The number of carbonyl (C=O) groups is 2. The van der Waals surface area contributed by atoms with Crippen LogP contribution in [0.25, 0.3) is 15.9 Å². The Balaban J connectivity index is 1.30. The molecule has 0 aliphatic carbocycles. The average molecular weight is 470 g/mol. The zero-order valence-corrected chi connectivity index (χ0v) is 18.9. The zero-order chi connectivity index (χ0) is 22.2. The molecular formula is C23H20FN3O3S2. The fraction of sp³-hybridized carbons (Fsp3) is 0.261. The van der Waals surface area contributed by atoms with Crippen molar-refractivity contribution in [2.45, 2.75) is 25.8 Å². The summed E-state index contributed by atoms with van der Waals surface area (Å²) in [6.45, 7) is 2.25. The van der Waals surface area contributed by atoms with Gasteiger partial charge in [-0.2, -0.15) is 5.10 Å². The number of hydrogen-bond donors (Lipinski definition) is 0. The Morgan fingerprint density at radius 3 is 2.81 bits per heavy atom. The molecule has 0 saturated carbocycles. The van der Waals surface area contributed by atoms with E-state index >= 15 is 0 Å². The van der Waals surface area contributed by atoms with Crippen LogP contribution in [-0.4, -0.2) is 39.7 Å². The van der Waals surface area contributed by atoms with E-state index in [2.05, 4.69) is 5.10 Å². The van der Waals surface area contributed by atoms with Gasteiger partial charge in [0.25, 0.3) is 5.91 Å². The lowest BCUT2D eigenvalue weighted by atomic mass is 10.2. The Hall–Kier alpha value is -3.04. The van der Waals surface area contributed by atoms with Gasteiger partial charge in [0, 0.05) is 16.8 Å². The summed E-state index contributed by atoms with van der Waals surface area (Å²) >= 11 is 2.88. The summed E-state index contributed by atoms with van der Waals surface area (Å²) in [5.74, 6) is -1.03. The molecule has 3 aromatic heterocycles. The van der Waals surface area contributed by atoms with Gasteiger partial charge in [0.05, 0.1) is 17.4 Å². The van der Waals surface area contributed by atoms with Gasteiger partial charge in [-0.05, 0) is 61.5 Å². The van der Waals surface area contributed by atoms with E-state index in [0.29, 0.717) is 17.1 Å². The van der Waals surface area contributed by atoms with Gasteiger partial charge in [-0.25, -0.2) is 13.9 Å². The molecule has 32 heavy (non-hydrogen) atoms. The van der Waals surface area contributed by atoms with Crippen LogP contribution in [0.15, 0.2) is 47.8 Å². The van der Waals surface area contributed by atoms with Crippen LogP contribution >= 0.6 is 22.7 Å². The average Bonchev–Trinajstić information content (AvgIpc) is 3.57. The first kappa shape index (κ1) is 20.8. The molecular weight excluding hydrogens is 449 g/mol. The molecule has 1 fully saturated rings. The Kier molecular flexibility index (Phi) is 5.52. The number of aryl methyl sites for hydroxylation is 1. The first-order valence-electron chi connectivity index (χ1n) is 10.3. The number of esters is 1. The zero-order valence-electron chi connectivity index (χ0n) is 17.3. The highest BCUT2D eigenvalue weighted by Gasteiger charge is 2.31. The second-order valence-electron chi connectivity index (χ2n) is 7.64. The molecule has 6 nitrogen and oxygen atoms in total. The lowest BCUT2D eigenvalue weighted by Crippen LogP contribution is -2.33. The molecule has 1 aliphatic rings. The van der Waals surface area contributed by atoms with Crippen LogP contribution in [0.4, 0.5) is 4.39 Å². The minimum Gasteiger partial charge on any atom is -0.451 e. The number of likely N-dealkylation sites (tertiary alicyclic amines) is 1. The summed E-state index contributed by atoms with van der Waals surface area (Å²) in [4.78, 5) is 29.6. The molecule has 0 spiro atoms. The molecule has 5 rings (SSSR count). The first-order valence-corrected chi connectivity index (χ1v) is 12.0. The Morgan fingerprint density at radius 1 is 1.25 bits per heavy atom. The van der Waals surface area contributed by atoms with Crippen molar-refractivity contribution in [3.8, 4) is 5.69 Å². The number of hydrogen-bond acceptors (Lipinski definition) is 6. The summed E-state index contributed by atoms with van der Waals surface area (Å²) in [6, 6.07) is 11.8. The van der Waals surface area contributed by atoms with Gasteiger partial charge in [0.2, 0.25) is 0 Å². The van der Waals surface area contributed by atoms with Crippen molar-refractivity contribution in [1.82, 2.24) is 14.7 Å². The molecule has 0 N–H and O–H groups in total. The molecule has 0 radical (unpaired) electrons. The van der Waals surface area contributed by atoms with Crippen molar-refractivity contribution in [2.24, 2.45) is 0 Å². The normalized spacial score (nSPS) is 16.1. The maximum Gasteiger partial charge on any atom is 0.348 e. The SMILES string of the molecule is Cc1nn(-c2ccc(F)cc2)c2sc(C(=O)OCC(=O)N3CCCC3c3cccs3)cc12. The Bertz CT molecular complexity index is 1280. The summed E-state index contributed by atoms with van der Waals surface area (Å²) in [5.41, 5.74) is 1.46. The highest BCUT2D eigenvalue weighted by atomic mass is 32.1. The van der Waals surface area contributed by atoms with Gasteiger partial charge in [-0.15, -0.1) is 22.7 Å². The van der Waals surface area contributed by atoms with Gasteiger partial charge in [0.15, 0.2) is 6.61 Å². The van der Waals surface area contributed by atoms with Crippen molar-refractivity contribution in [3.05, 3.63) is 69.1 Å². The van der Waals surface area contributed by atoms with E-state index in [4.69, 9.17) is 4.74 Å². The number of nitrogens with zero attached hydrogens (tertiary/aromatic N) is 3. The lowest BCUT2D eigenvalue weighted by Gasteiger charge is -2.23. The molecule has 4 heterocycles. The Labute approximate surface area is 191 Å². The van der Waals surface area contributed by atoms with Crippen molar-refractivity contribution in [2.75, 3.05) is 13.2 Å². The molecule has 1 saturated heterocycles. The van der Waals surface area contributed by atoms with Gasteiger partial charge < -0.3 is 9.64 Å². The molecule has 1 amide bonds. The third kappa shape index (κ3) is 3.82. The molecule has 1 atom stereocenters. The number of thiophene rings is 2. The van der Waals surface area contributed by atoms with E-state index in [1.807, 2.05) is 24.4 Å². The fourth-order valence-electron chi connectivity index (χ4n) is 4.03. The highest BCUT2D eigenvalue weighted by Crippen LogP contribution is 2.35. The van der Waals surface area contributed by atoms with Crippen molar-refractivity contribution in [1.29, 1.82) is 0 Å². The molecule has 164 valence electrons. The monoisotopic (exact) mass is 469 g/mol. The predicted octanol–water partition coefficient (Wildman–Crippen LogP) is 5.12. The number of rotatable bonds is 5. The highest BCUT2D eigenvalue weighted by molar-refractivity contribution is 7.20. The molecule has 1 aliphatic heterocycles. The van der Waals surface area contributed by atoms with E-state index in [9.17, 15) is 14.0 Å². The lowest BCUT2D eigenvalue weighted by molar-refractivity contribution is -0.135. The van der Waals surface area contributed by atoms with E-state index < -0.39 is 5.97 Å². The minimum absolute atomic E-state index is 0.0647.